The molecule has 0 saturated carbocycles. The molecule has 1 aliphatic heterocycles. The van der Waals surface area contributed by atoms with Crippen molar-refractivity contribution in [2.24, 2.45) is 5.92 Å². The molecule has 3 rings (SSSR count). The molecule has 1 saturated heterocycles. The zero-order valence-electron chi connectivity index (χ0n) is 19.4. The second-order valence-electron chi connectivity index (χ2n) is 8.38. The molecule has 0 spiro atoms. The number of hydrogen-bond donors (Lipinski definition) is 3. The zero-order valence-corrected chi connectivity index (χ0v) is 20.2. The van der Waals surface area contributed by atoms with Gasteiger partial charge in [-0.05, 0) is 62.4 Å². The Balaban J connectivity index is 0.000000540. The van der Waals surface area contributed by atoms with Gasteiger partial charge in [-0.25, -0.2) is 18.0 Å². The molecule has 12 heteroatoms. The minimum Gasteiger partial charge on any atom is -0.478 e. The number of nitrogens with one attached hydrogen (secondary N) is 1. The van der Waals surface area contributed by atoms with E-state index in [2.05, 4.69) is 16.5 Å². The summed E-state index contributed by atoms with van der Waals surface area (Å²) in [6.45, 7) is 7.48. The summed E-state index contributed by atoms with van der Waals surface area (Å²) in [5, 5.41) is 16.5. The summed E-state index contributed by atoms with van der Waals surface area (Å²) in [6, 6.07) is 9.76. The Hall–Kier alpha value is -3.28. The van der Waals surface area contributed by atoms with Gasteiger partial charge in [-0.2, -0.15) is 13.2 Å². The molecular formula is C23H27F3N2O6S. The van der Waals surface area contributed by atoms with Crippen molar-refractivity contribution < 1.29 is 41.4 Å². The first kappa shape index (κ1) is 28.0. The van der Waals surface area contributed by atoms with Crippen LogP contribution in [-0.4, -0.2) is 49.8 Å². The van der Waals surface area contributed by atoms with E-state index in [1.54, 1.807) is 25.1 Å². The average molecular weight is 517 g/mol. The van der Waals surface area contributed by atoms with Gasteiger partial charge in [-0.15, -0.1) is 0 Å². The third-order valence-electron chi connectivity index (χ3n) is 5.47. The molecule has 8 nitrogen and oxygen atoms in total. The standard InChI is InChI=1S/C21H26N2O4S.C2HF3O2/c1-14-8-10-23(11-9-14)19-6-5-17(21(24)25)13-18(19)22-28(26,27)20-7-4-15(2)12-16(20)3;3-2(4,5)1(6)7/h4-7,12-14,22H,8-11H2,1-3H3,(H,24,25);(H,6,7). The second kappa shape index (κ2) is 11.0. The summed E-state index contributed by atoms with van der Waals surface area (Å²) in [5.41, 5.74) is 2.69. The summed E-state index contributed by atoms with van der Waals surface area (Å²) < 4.78 is 60.4. The van der Waals surface area contributed by atoms with Gasteiger partial charge in [0.2, 0.25) is 0 Å². The predicted octanol–water partition coefficient (Wildman–Crippen LogP) is 4.67. The third-order valence-corrected chi connectivity index (χ3v) is 7.00. The number of carboxylic acids is 2. The molecule has 1 aliphatic rings. The smallest absolute Gasteiger partial charge is 0.478 e. The van der Waals surface area contributed by atoms with Gasteiger partial charge in [0.05, 0.1) is 21.8 Å². The van der Waals surface area contributed by atoms with E-state index in [1.165, 1.54) is 12.1 Å². The Bertz CT molecular complexity index is 1190. The van der Waals surface area contributed by atoms with Crippen molar-refractivity contribution in [2.75, 3.05) is 22.7 Å². The zero-order chi connectivity index (χ0) is 26.6. The molecule has 1 fully saturated rings. The highest BCUT2D eigenvalue weighted by Crippen LogP contribution is 2.33. The summed E-state index contributed by atoms with van der Waals surface area (Å²) in [4.78, 5) is 22.6. The number of aliphatic carboxylic acids is 1. The van der Waals surface area contributed by atoms with E-state index in [1.807, 2.05) is 13.0 Å². The number of aromatic carboxylic acids is 1. The van der Waals surface area contributed by atoms with Gasteiger partial charge in [-0.3, -0.25) is 4.72 Å². The number of anilines is 2. The van der Waals surface area contributed by atoms with Gasteiger partial charge in [-0.1, -0.05) is 24.6 Å². The first-order valence-corrected chi connectivity index (χ1v) is 12.1. The first-order valence-electron chi connectivity index (χ1n) is 10.6. The SMILES string of the molecule is Cc1ccc(S(=O)(=O)Nc2cc(C(=O)O)ccc2N2CCC(C)CC2)c(C)c1.O=C(O)C(F)(F)F. The van der Waals surface area contributed by atoms with Crippen LogP contribution in [0.5, 0.6) is 0 Å². The molecule has 2 aromatic rings. The van der Waals surface area contributed by atoms with Gasteiger partial charge in [0, 0.05) is 13.1 Å². The van der Waals surface area contributed by atoms with Gasteiger partial charge < -0.3 is 15.1 Å². The van der Waals surface area contributed by atoms with E-state index in [4.69, 9.17) is 9.90 Å². The minimum absolute atomic E-state index is 0.0486. The normalized spacial score (nSPS) is 14.6. The maximum Gasteiger partial charge on any atom is 0.490 e. The Morgan fingerprint density at radius 2 is 1.60 bits per heavy atom. The second-order valence-corrected chi connectivity index (χ2v) is 10.0. The fraction of sp³-hybridized carbons (Fsp3) is 0.391. The number of halogens is 3. The number of benzene rings is 2. The summed E-state index contributed by atoms with van der Waals surface area (Å²) in [5.74, 6) is -3.22. The molecule has 0 bridgehead atoms. The van der Waals surface area contributed by atoms with Crippen LogP contribution in [0.2, 0.25) is 0 Å². The molecule has 0 aromatic heterocycles. The molecule has 192 valence electrons. The highest BCUT2D eigenvalue weighted by molar-refractivity contribution is 7.92. The quantitative estimate of drug-likeness (QED) is 0.528. The van der Waals surface area contributed by atoms with Crippen LogP contribution in [-0.2, 0) is 14.8 Å². The van der Waals surface area contributed by atoms with Crippen LogP contribution in [0, 0.1) is 19.8 Å². The lowest BCUT2D eigenvalue weighted by Gasteiger charge is -2.33. The number of nitrogens with zero attached hydrogens (tertiary/aromatic N) is 1. The van der Waals surface area contributed by atoms with Gasteiger partial charge >= 0.3 is 18.1 Å². The van der Waals surface area contributed by atoms with Gasteiger partial charge in [0.1, 0.15) is 0 Å². The van der Waals surface area contributed by atoms with Crippen molar-refractivity contribution in [3.8, 4) is 0 Å². The van der Waals surface area contributed by atoms with Crippen LogP contribution in [0.25, 0.3) is 0 Å². The number of aryl methyl sites for hydroxylation is 2. The number of carbonyl (C=O) groups is 2. The highest BCUT2D eigenvalue weighted by atomic mass is 32.2. The fourth-order valence-electron chi connectivity index (χ4n) is 3.58. The van der Waals surface area contributed by atoms with E-state index < -0.39 is 28.1 Å². The van der Waals surface area contributed by atoms with E-state index in [-0.39, 0.29) is 10.5 Å². The first-order chi connectivity index (χ1) is 16.1. The van der Waals surface area contributed by atoms with Crippen molar-refractivity contribution >= 4 is 33.3 Å². The Kier molecular flexibility index (Phi) is 8.77. The Morgan fingerprint density at radius 1 is 1.03 bits per heavy atom. The molecule has 3 N–H and O–H groups in total. The van der Waals surface area contributed by atoms with Crippen LogP contribution in [0.3, 0.4) is 0 Å². The fourth-order valence-corrected chi connectivity index (χ4v) is 4.87. The number of piperidine rings is 1. The van der Waals surface area contributed by atoms with Crippen LogP contribution in [0.15, 0.2) is 41.3 Å². The van der Waals surface area contributed by atoms with Gasteiger partial charge in [0.25, 0.3) is 10.0 Å². The molecule has 0 radical (unpaired) electrons. The predicted molar refractivity (Wildman–Crippen MR) is 124 cm³/mol. The summed E-state index contributed by atoms with van der Waals surface area (Å²) >= 11 is 0. The maximum atomic E-state index is 13.0. The molecular weight excluding hydrogens is 489 g/mol. The van der Waals surface area contributed by atoms with Crippen LogP contribution < -0.4 is 9.62 Å². The lowest BCUT2D eigenvalue weighted by Crippen LogP contribution is -2.33. The molecule has 0 amide bonds. The monoisotopic (exact) mass is 516 g/mol. The Morgan fingerprint density at radius 3 is 2.09 bits per heavy atom. The molecule has 0 aliphatic carbocycles. The number of carboxylic acid groups (broad SMARTS) is 2. The largest absolute Gasteiger partial charge is 0.490 e. The summed E-state index contributed by atoms with van der Waals surface area (Å²) in [7, 11) is -3.84. The number of rotatable bonds is 5. The Labute approximate surface area is 201 Å². The van der Waals surface area contributed by atoms with Crippen molar-refractivity contribution in [3.63, 3.8) is 0 Å². The number of hydrogen-bond acceptors (Lipinski definition) is 5. The third kappa shape index (κ3) is 7.61. The lowest BCUT2D eigenvalue weighted by atomic mass is 9.98. The molecule has 0 unspecified atom stereocenters. The van der Waals surface area contributed by atoms with Crippen LogP contribution in [0.4, 0.5) is 24.5 Å². The van der Waals surface area contributed by atoms with Gasteiger partial charge in [0.15, 0.2) is 0 Å². The summed E-state index contributed by atoms with van der Waals surface area (Å²) in [6.07, 6.45) is -3.05. The topological polar surface area (TPSA) is 124 Å². The molecule has 0 atom stereocenters. The van der Waals surface area contributed by atoms with Crippen molar-refractivity contribution in [3.05, 3.63) is 53.1 Å². The van der Waals surface area contributed by atoms with Crippen molar-refractivity contribution in [2.45, 2.75) is 44.7 Å². The van der Waals surface area contributed by atoms with E-state index in [9.17, 15) is 31.5 Å². The molecule has 2 aromatic carbocycles. The maximum absolute atomic E-state index is 13.0. The van der Waals surface area contributed by atoms with Crippen molar-refractivity contribution in [1.29, 1.82) is 0 Å². The van der Waals surface area contributed by atoms with E-state index in [0.717, 1.165) is 31.5 Å². The molecule has 35 heavy (non-hydrogen) atoms. The van der Waals surface area contributed by atoms with Crippen molar-refractivity contribution in [1.82, 2.24) is 0 Å². The van der Waals surface area contributed by atoms with E-state index >= 15 is 0 Å². The number of sulfonamides is 1. The molecule has 1 heterocycles. The van der Waals surface area contributed by atoms with E-state index in [0.29, 0.717) is 22.9 Å². The van der Waals surface area contributed by atoms with Crippen LogP contribution in [0.1, 0.15) is 41.3 Å². The highest BCUT2D eigenvalue weighted by Gasteiger charge is 2.38. The lowest BCUT2D eigenvalue weighted by molar-refractivity contribution is -0.192. The minimum atomic E-state index is -5.08. The van der Waals surface area contributed by atoms with Crippen LogP contribution >= 0.6 is 0 Å². The number of alkyl halides is 3. The average Bonchev–Trinajstić information content (AvgIpc) is 2.73.